The first-order valence-electron chi connectivity index (χ1n) is 12.8. The Hall–Kier alpha value is -3.82. The van der Waals surface area contributed by atoms with Gasteiger partial charge in [-0.2, -0.15) is 10.1 Å². The van der Waals surface area contributed by atoms with Gasteiger partial charge in [-0.3, -0.25) is 4.79 Å². The molecule has 4 heterocycles. The first kappa shape index (κ1) is 23.6. The second-order valence-corrected chi connectivity index (χ2v) is 9.98. The number of amides is 1. The van der Waals surface area contributed by atoms with Crippen LogP contribution < -0.4 is 10.2 Å². The number of carbonyl (C=O) groups is 1. The number of aromatic nitrogens is 4. The molecule has 1 aliphatic carbocycles. The predicted octanol–water partition coefficient (Wildman–Crippen LogP) is 5.10. The Balaban J connectivity index is 1.18. The van der Waals surface area contributed by atoms with E-state index in [0.717, 1.165) is 62.6 Å². The van der Waals surface area contributed by atoms with Gasteiger partial charge in [0.05, 0.1) is 23.3 Å². The van der Waals surface area contributed by atoms with E-state index in [2.05, 4.69) is 25.5 Å². The summed E-state index contributed by atoms with van der Waals surface area (Å²) < 4.78 is 35.2. The highest BCUT2D eigenvalue weighted by Crippen LogP contribution is 2.38. The van der Waals surface area contributed by atoms with Gasteiger partial charge in [-0.15, -0.1) is 0 Å². The van der Waals surface area contributed by atoms with Crippen LogP contribution in [0, 0.1) is 18.6 Å². The summed E-state index contributed by atoms with van der Waals surface area (Å²) in [6.45, 7) is 2.50. The lowest BCUT2D eigenvalue weighted by atomic mass is 9.85. The number of hydrogen-bond acceptors (Lipinski definition) is 6. The molecule has 1 N–H and O–H groups in total. The third kappa shape index (κ3) is 4.56. The first-order valence-corrected chi connectivity index (χ1v) is 12.8. The minimum absolute atomic E-state index is 0.0637. The van der Waals surface area contributed by atoms with Crippen molar-refractivity contribution in [3.8, 4) is 0 Å². The lowest BCUT2D eigenvalue weighted by molar-refractivity contribution is 0.0927. The number of rotatable bonds is 5. The van der Waals surface area contributed by atoms with Crippen molar-refractivity contribution in [1.82, 2.24) is 25.1 Å². The smallest absolute Gasteiger partial charge is 0.255 e. The maximum atomic E-state index is 14.6. The largest absolute Gasteiger partial charge is 0.364 e. The SMILES string of the molecule is Cc1nc(C2CCC(NC(=O)c3cnn4ccc(N5CCCC5c5cc(F)ccc5F)cc34)CC2)no1. The van der Waals surface area contributed by atoms with Crippen LogP contribution in [0.15, 0.2) is 47.2 Å². The lowest BCUT2D eigenvalue weighted by Gasteiger charge is -2.28. The minimum atomic E-state index is -0.449. The van der Waals surface area contributed by atoms with E-state index >= 15 is 0 Å². The number of anilines is 1. The van der Waals surface area contributed by atoms with E-state index in [1.165, 1.54) is 12.1 Å². The molecular formula is C27H28F2N6O2. The van der Waals surface area contributed by atoms with Crippen molar-refractivity contribution in [2.75, 3.05) is 11.4 Å². The highest BCUT2D eigenvalue weighted by molar-refractivity contribution is 6.01. The molecule has 0 spiro atoms. The van der Waals surface area contributed by atoms with Crippen LogP contribution in [-0.4, -0.2) is 38.2 Å². The van der Waals surface area contributed by atoms with Gasteiger partial charge in [-0.25, -0.2) is 13.3 Å². The molecule has 1 saturated heterocycles. The quantitative estimate of drug-likeness (QED) is 0.405. The van der Waals surface area contributed by atoms with E-state index in [4.69, 9.17) is 4.52 Å². The highest BCUT2D eigenvalue weighted by atomic mass is 19.1. The summed E-state index contributed by atoms with van der Waals surface area (Å²) in [4.78, 5) is 19.7. The summed E-state index contributed by atoms with van der Waals surface area (Å²) >= 11 is 0. The van der Waals surface area contributed by atoms with Gasteiger partial charge in [0.1, 0.15) is 11.6 Å². The molecule has 1 amide bonds. The van der Waals surface area contributed by atoms with Gasteiger partial charge < -0.3 is 14.7 Å². The first-order chi connectivity index (χ1) is 18.0. The number of benzene rings is 1. The number of halogens is 2. The summed E-state index contributed by atoms with van der Waals surface area (Å²) in [5.41, 5.74) is 2.38. The van der Waals surface area contributed by atoms with E-state index in [1.54, 1.807) is 23.8 Å². The number of carbonyl (C=O) groups excluding carboxylic acids is 1. The molecule has 10 heteroatoms. The second-order valence-electron chi connectivity index (χ2n) is 9.98. The van der Waals surface area contributed by atoms with E-state index in [1.807, 2.05) is 12.1 Å². The van der Waals surface area contributed by atoms with Crippen molar-refractivity contribution in [1.29, 1.82) is 0 Å². The Morgan fingerprint density at radius 1 is 1.11 bits per heavy atom. The number of nitrogens with zero attached hydrogens (tertiary/aromatic N) is 5. The minimum Gasteiger partial charge on any atom is -0.364 e. The number of fused-ring (bicyclic) bond motifs is 1. The van der Waals surface area contributed by atoms with Crippen molar-refractivity contribution < 1.29 is 18.1 Å². The summed E-state index contributed by atoms with van der Waals surface area (Å²) in [6, 6.07) is 7.21. The number of pyridine rings is 1. The van der Waals surface area contributed by atoms with Gasteiger partial charge in [0.15, 0.2) is 5.82 Å². The van der Waals surface area contributed by atoms with Crippen molar-refractivity contribution in [2.45, 2.75) is 63.5 Å². The molecule has 1 saturated carbocycles. The molecular weight excluding hydrogens is 478 g/mol. The zero-order valence-corrected chi connectivity index (χ0v) is 20.5. The van der Waals surface area contributed by atoms with Gasteiger partial charge in [-0.1, -0.05) is 5.16 Å². The molecule has 3 aromatic heterocycles. The zero-order chi connectivity index (χ0) is 25.5. The molecule has 2 fully saturated rings. The second kappa shape index (κ2) is 9.57. The molecule has 37 heavy (non-hydrogen) atoms. The van der Waals surface area contributed by atoms with Crippen LogP contribution in [0.3, 0.4) is 0 Å². The molecule has 1 unspecified atom stereocenters. The monoisotopic (exact) mass is 506 g/mol. The molecule has 192 valence electrons. The fourth-order valence-electron chi connectivity index (χ4n) is 5.73. The Morgan fingerprint density at radius 2 is 1.95 bits per heavy atom. The average molecular weight is 507 g/mol. The Bertz CT molecular complexity index is 1440. The van der Waals surface area contributed by atoms with Crippen LogP contribution in [0.1, 0.15) is 78.1 Å². The fourth-order valence-corrected chi connectivity index (χ4v) is 5.73. The maximum absolute atomic E-state index is 14.6. The van der Waals surface area contributed by atoms with Gasteiger partial charge in [0, 0.05) is 42.9 Å². The molecule has 8 nitrogen and oxygen atoms in total. The third-order valence-corrected chi connectivity index (χ3v) is 7.62. The molecule has 0 radical (unpaired) electrons. The third-order valence-electron chi connectivity index (χ3n) is 7.62. The molecule has 2 aliphatic rings. The molecule has 4 aromatic rings. The van der Waals surface area contributed by atoms with Crippen molar-refractivity contribution in [3.05, 3.63) is 77.2 Å². The van der Waals surface area contributed by atoms with Crippen molar-refractivity contribution in [3.63, 3.8) is 0 Å². The van der Waals surface area contributed by atoms with Crippen LogP contribution >= 0.6 is 0 Å². The molecule has 0 bridgehead atoms. The summed E-state index contributed by atoms with van der Waals surface area (Å²) in [6.07, 6.45) is 8.42. The van der Waals surface area contributed by atoms with Gasteiger partial charge in [-0.05, 0) is 68.9 Å². The number of aryl methyl sites for hydroxylation is 1. The molecule has 1 aliphatic heterocycles. The summed E-state index contributed by atoms with van der Waals surface area (Å²) in [7, 11) is 0. The molecule has 1 aromatic carbocycles. The van der Waals surface area contributed by atoms with E-state index < -0.39 is 11.6 Å². The molecule has 6 rings (SSSR count). The normalized spacial score (nSPS) is 22.0. The Morgan fingerprint density at radius 3 is 2.73 bits per heavy atom. The topological polar surface area (TPSA) is 88.6 Å². The highest BCUT2D eigenvalue weighted by Gasteiger charge is 2.30. The average Bonchev–Trinajstić information content (AvgIpc) is 3.65. The Kier molecular flexibility index (Phi) is 6.10. The van der Waals surface area contributed by atoms with Gasteiger partial charge >= 0.3 is 0 Å². The van der Waals surface area contributed by atoms with Crippen LogP contribution in [0.5, 0.6) is 0 Å². The van der Waals surface area contributed by atoms with Gasteiger partial charge in [0.25, 0.3) is 5.91 Å². The van der Waals surface area contributed by atoms with Crippen LogP contribution in [-0.2, 0) is 0 Å². The van der Waals surface area contributed by atoms with Crippen LogP contribution in [0.4, 0.5) is 14.5 Å². The van der Waals surface area contributed by atoms with Crippen LogP contribution in [0.2, 0.25) is 0 Å². The standard InChI is InChI=1S/C27H28F2N6O2/c1-16-31-26(33-37-16)17-4-7-19(8-5-17)32-27(36)22-15-30-35-12-10-20(14-25(22)35)34-11-2-3-24(34)21-13-18(28)6-9-23(21)29/h6,9-10,12-15,17,19,24H,2-5,7-8,11H2,1H3,(H,32,36). The van der Waals surface area contributed by atoms with Crippen molar-refractivity contribution in [2.24, 2.45) is 0 Å². The summed E-state index contributed by atoms with van der Waals surface area (Å²) in [5.74, 6) is 0.541. The van der Waals surface area contributed by atoms with Crippen LogP contribution in [0.25, 0.3) is 5.52 Å². The zero-order valence-electron chi connectivity index (χ0n) is 20.5. The summed E-state index contributed by atoms with van der Waals surface area (Å²) in [5, 5.41) is 11.6. The molecule has 1 atom stereocenters. The fraction of sp³-hybridized carbons (Fsp3) is 0.407. The van der Waals surface area contributed by atoms with Crippen molar-refractivity contribution >= 4 is 17.1 Å². The maximum Gasteiger partial charge on any atom is 0.255 e. The van der Waals surface area contributed by atoms with E-state index in [9.17, 15) is 13.6 Å². The predicted molar refractivity (Wildman–Crippen MR) is 132 cm³/mol. The number of nitrogens with one attached hydrogen (secondary N) is 1. The van der Waals surface area contributed by atoms with Gasteiger partial charge in [0.2, 0.25) is 5.89 Å². The lowest BCUT2D eigenvalue weighted by Crippen LogP contribution is -2.37. The number of hydrogen-bond donors (Lipinski definition) is 1. The van der Waals surface area contributed by atoms with E-state index in [-0.39, 0.29) is 23.9 Å². The van der Waals surface area contributed by atoms with E-state index in [0.29, 0.717) is 22.5 Å². The Labute approximate surface area is 212 Å².